The lowest BCUT2D eigenvalue weighted by Gasteiger charge is -2.12. The van der Waals surface area contributed by atoms with Crippen molar-refractivity contribution in [2.24, 2.45) is 0 Å². The lowest BCUT2D eigenvalue weighted by Crippen LogP contribution is -2.27. The summed E-state index contributed by atoms with van der Waals surface area (Å²) in [5.41, 5.74) is 1.04. The van der Waals surface area contributed by atoms with Gasteiger partial charge in [-0.05, 0) is 60.3 Å². The SMILES string of the molecule is COc1ccc(OC)c(/C=C2\SC(=O)N(c3ccc(O)cc3)C2=O)c1. The van der Waals surface area contributed by atoms with Gasteiger partial charge in [-0.25, -0.2) is 4.90 Å². The molecule has 128 valence electrons. The number of ether oxygens (including phenoxy) is 2. The zero-order chi connectivity index (χ0) is 18.0. The zero-order valence-electron chi connectivity index (χ0n) is 13.6. The van der Waals surface area contributed by atoms with Crippen molar-refractivity contribution in [2.75, 3.05) is 19.1 Å². The van der Waals surface area contributed by atoms with Gasteiger partial charge >= 0.3 is 0 Å². The highest BCUT2D eigenvalue weighted by Gasteiger charge is 2.36. The number of imide groups is 1. The van der Waals surface area contributed by atoms with E-state index >= 15 is 0 Å². The van der Waals surface area contributed by atoms with Crippen LogP contribution in [0.1, 0.15) is 5.56 Å². The first-order valence-electron chi connectivity index (χ1n) is 7.32. The summed E-state index contributed by atoms with van der Waals surface area (Å²) in [4.78, 5) is 26.3. The minimum atomic E-state index is -0.425. The molecule has 0 spiro atoms. The Morgan fingerprint density at radius 3 is 2.40 bits per heavy atom. The molecule has 2 aromatic rings. The lowest BCUT2D eigenvalue weighted by atomic mass is 10.1. The molecular formula is C18H15NO5S. The zero-order valence-corrected chi connectivity index (χ0v) is 14.4. The molecule has 1 N–H and O–H groups in total. The molecule has 0 bridgehead atoms. The molecule has 1 aliphatic rings. The largest absolute Gasteiger partial charge is 0.508 e. The molecule has 7 heteroatoms. The number of aromatic hydroxyl groups is 1. The highest BCUT2D eigenvalue weighted by molar-refractivity contribution is 8.19. The molecule has 1 saturated heterocycles. The van der Waals surface area contributed by atoms with Gasteiger partial charge in [0.25, 0.3) is 11.1 Å². The van der Waals surface area contributed by atoms with Crippen LogP contribution in [0.15, 0.2) is 47.4 Å². The van der Waals surface area contributed by atoms with E-state index in [-0.39, 0.29) is 10.7 Å². The molecule has 1 heterocycles. The third-order valence-corrected chi connectivity index (χ3v) is 4.49. The standard InChI is InChI=1S/C18H15NO5S/c1-23-14-7-8-15(24-2)11(9-14)10-16-17(21)19(18(22)25-16)12-3-5-13(20)6-4-12/h3-10,20H,1-2H3/b16-10-. The van der Waals surface area contributed by atoms with Crippen molar-refractivity contribution in [3.63, 3.8) is 0 Å². The van der Waals surface area contributed by atoms with Crippen LogP contribution < -0.4 is 14.4 Å². The molecule has 0 atom stereocenters. The Hall–Kier alpha value is -2.93. The normalized spacial score (nSPS) is 15.8. The van der Waals surface area contributed by atoms with E-state index in [2.05, 4.69) is 0 Å². The summed E-state index contributed by atoms with van der Waals surface area (Å²) < 4.78 is 10.5. The Bertz CT molecular complexity index is 860. The van der Waals surface area contributed by atoms with Crippen LogP contribution in [0.4, 0.5) is 10.5 Å². The first-order chi connectivity index (χ1) is 12.0. The second-order valence-corrected chi connectivity index (χ2v) is 6.13. The van der Waals surface area contributed by atoms with Crippen molar-refractivity contribution in [3.8, 4) is 17.2 Å². The number of anilines is 1. The number of carbonyl (C=O) groups excluding carboxylic acids is 2. The molecule has 2 aromatic carbocycles. The van der Waals surface area contributed by atoms with E-state index in [0.29, 0.717) is 22.7 Å². The molecular weight excluding hydrogens is 342 g/mol. The van der Waals surface area contributed by atoms with Gasteiger partial charge in [0.1, 0.15) is 17.2 Å². The Labute approximate surface area is 148 Å². The second kappa shape index (κ2) is 6.90. The summed E-state index contributed by atoms with van der Waals surface area (Å²) in [7, 11) is 3.08. The number of phenolic OH excluding ortho intramolecular Hbond substituents is 1. The van der Waals surface area contributed by atoms with Crippen LogP contribution in [0.2, 0.25) is 0 Å². The quantitative estimate of drug-likeness (QED) is 0.842. The van der Waals surface area contributed by atoms with E-state index in [1.807, 2.05) is 0 Å². The molecule has 0 aromatic heterocycles. The Morgan fingerprint density at radius 1 is 1.04 bits per heavy atom. The molecule has 1 aliphatic heterocycles. The van der Waals surface area contributed by atoms with Crippen molar-refractivity contribution in [1.29, 1.82) is 0 Å². The van der Waals surface area contributed by atoms with Gasteiger partial charge in [-0.15, -0.1) is 0 Å². The number of thioether (sulfide) groups is 1. The van der Waals surface area contributed by atoms with Crippen molar-refractivity contribution in [2.45, 2.75) is 0 Å². The van der Waals surface area contributed by atoms with Gasteiger partial charge in [0.2, 0.25) is 0 Å². The van der Waals surface area contributed by atoms with Crippen LogP contribution in [-0.2, 0) is 4.79 Å². The minimum Gasteiger partial charge on any atom is -0.508 e. The number of benzene rings is 2. The third kappa shape index (κ3) is 3.32. The van der Waals surface area contributed by atoms with Crippen molar-refractivity contribution < 1.29 is 24.2 Å². The maximum atomic E-state index is 12.6. The average Bonchev–Trinajstić information content (AvgIpc) is 2.89. The van der Waals surface area contributed by atoms with Crippen LogP contribution in [-0.4, -0.2) is 30.5 Å². The van der Waals surface area contributed by atoms with Crippen LogP contribution in [0.3, 0.4) is 0 Å². The van der Waals surface area contributed by atoms with Gasteiger partial charge in [0, 0.05) is 5.56 Å². The molecule has 2 amide bonds. The summed E-state index contributed by atoms with van der Waals surface area (Å²) in [5.74, 6) is 0.819. The number of phenols is 1. The van der Waals surface area contributed by atoms with E-state index in [1.165, 1.54) is 31.4 Å². The average molecular weight is 357 g/mol. The van der Waals surface area contributed by atoms with Crippen molar-refractivity contribution in [3.05, 3.63) is 52.9 Å². The fourth-order valence-corrected chi connectivity index (χ4v) is 3.22. The Kier molecular flexibility index (Phi) is 4.67. The smallest absolute Gasteiger partial charge is 0.298 e. The third-order valence-electron chi connectivity index (χ3n) is 3.63. The van der Waals surface area contributed by atoms with Crippen LogP contribution in [0, 0.1) is 0 Å². The van der Waals surface area contributed by atoms with Gasteiger partial charge < -0.3 is 14.6 Å². The maximum Gasteiger partial charge on any atom is 0.298 e. The minimum absolute atomic E-state index is 0.0624. The van der Waals surface area contributed by atoms with Crippen LogP contribution >= 0.6 is 11.8 Å². The van der Waals surface area contributed by atoms with E-state index in [1.54, 1.807) is 31.4 Å². The van der Waals surface area contributed by atoms with Gasteiger partial charge in [0.15, 0.2) is 0 Å². The molecule has 0 aliphatic carbocycles. The number of methoxy groups -OCH3 is 2. The highest BCUT2D eigenvalue weighted by atomic mass is 32.2. The van der Waals surface area contributed by atoms with Crippen LogP contribution in [0.25, 0.3) is 6.08 Å². The molecule has 25 heavy (non-hydrogen) atoms. The maximum absolute atomic E-state index is 12.6. The summed E-state index contributed by atoms with van der Waals surface area (Å²) in [6.45, 7) is 0. The molecule has 0 unspecified atom stereocenters. The number of rotatable bonds is 4. The summed E-state index contributed by atoms with van der Waals surface area (Å²) in [6, 6.07) is 11.1. The van der Waals surface area contributed by atoms with Gasteiger partial charge in [-0.1, -0.05) is 0 Å². The van der Waals surface area contributed by atoms with Gasteiger partial charge in [0.05, 0.1) is 24.8 Å². The van der Waals surface area contributed by atoms with Crippen molar-refractivity contribution >= 4 is 34.7 Å². The van der Waals surface area contributed by atoms with E-state index in [0.717, 1.165) is 16.7 Å². The summed E-state index contributed by atoms with van der Waals surface area (Å²) >= 11 is 0.848. The highest BCUT2D eigenvalue weighted by Crippen LogP contribution is 2.37. The predicted molar refractivity (Wildman–Crippen MR) is 96.1 cm³/mol. The number of amides is 2. The lowest BCUT2D eigenvalue weighted by molar-refractivity contribution is -0.113. The van der Waals surface area contributed by atoms with E-state index < -0.39 is 11.1 Å². The number of hydrogen-bond donors (Lipinski definition) is 1. The molecule has 1 fully saturated rings. The van der Waals surface area contributed by atoms with E-state index in [4.69, 9.17) is 9.47 Å². The monoisotopic (exact) mass is 357 g/mol. The van der Waals surface area contributed by atoms with Gasteiger partial charge in [-0.2, -0.15) is 0 Å². The molecule has 0 saturated carbocycles. The van der Waals surface area contributed by atoms with Crippen LogP contribution in [0.5, 0.6) is 17.2 Å². The first-order valence-corrected chi connectivity index (χ1v) is 8.14. The fourth-order valence-electron chi connectivity index (χ4n) is 2.39. The second-order valence-electron chi connectivity index (χ2n) is 5.14. The first kappa shape index (κ1) is 16.9. The van der Waals surface area contributed by atoms with Gasteiger partial charge in [-0.3, -0.25) is 9.59 Å². The number of hydrogen-bond acceptors (Lipinski definition) is 6. The summed E-state index contributed by atoms with van der Waals surface area (Å²) in [5, 5.41) is 8.96. The number of nitrogens with zero attached hydrogens (tertiary/aromatic N) is 1. The molecule has 3 rings (SSSR count). The predicted octanol–water partition coefficient (Wildman–Crippen LogP) is 3.65. The topological polar surface area (TPSA) is 76.1 Å². The van der Waals surface area contributed by atoms with Crippen molar-refractivity contribution in [1.82, 2.24) is 0 Å². The van der Waals surface area contributed by atoms with E-state index in [9.17, 15) is 14.7 Å². The fraction of sp³-hybridized carbons (Fsp3) is 0.111. The Morgan fingerprint density at radius 2 is 1.76 bits per heavy atom. The molecule has 0 radical (unpaired) electrons. The number of carbonyl (C=O) groups is 2. The Balaban J connectivity index is 1.97. The molecule has 6 nitrogen and oxygen atoms in total. The summed E-state index contributed by atoms with van der Waals surface area (Å²) in [6.07, 6.45) is 1.60.